The molecule has 2 rings (SSSR count). The molecule has 3 nitrogen and oxygen atoms in total. The van der Waals surface area contributed by atoms with Gasteiger partial charge in [-0.05, 0) is 18.1 Å². The highest BCUT2D eigenvalue weighted by molar-refractivity contribution is 5.72. The molecule has 1 aliphatic rings. The molecular formula is C15H21NO2. The average molecular weight is 247 g/mol. The van der Waals surface area contributed by atoms with E-state index < -0.39 is 0 Å². The average Bonchev–Trinajstić information content (AvgIpc) is 2.78. The first-order valence-electron chi connectivity index (χ1n) is 6.79. The zero-order valence-corrected chi connectivity index (χ0v) is 10.9. The Morgan fingerprint density at radius 1 is 1.39 bits per heavy atom. The standard InChI is InChI=1S/C15H21NO2/c1-2-3-6-9-18-15(17)10-12-11-16-14-8-5-4-7-13(12)14/h4-5,7-8,12,16H,2-3,6,9-11H2,1H3. The summed E-state index contributed by atoms with van der Waals surface area (Å²) in [6, 6.07) is 8.18. The first-order chi connectivity index (χ1) is 8.81. The van der Waals surface area contributed by atoms with Crippen molar-refractivity contribution in [1.82, 2.24) is 0 Å². The van der Waals surface area contributed by atoms with E-state index in [0.29, 0.717) is 13.0 Å². The number of hydrogen-bond donors (Lipinski definition) is 1. The number of hydrogen-bond acceptors (Lipinski definition) is 3. The number of para-hydroxylation sites is 1. The van der Waals surface area contributed by atoms with Gasteiger partial charge in [0.05, 0.1) is 13.0 Å². The highest BCUT2D eigenvalue weighted by Crippen LogP contribution is 2.33. The van der Waals surface area contributed by atoms with Gasteiger partial charge in [0.2, 0.25) is 0 Å². The second-order valence-electron chi connectivity index (χ2n) is 4.80. The lowest BCUT2D eigenvalue weighted by molar-refractivity contribution is -0.144. The predicted molar refractivity (Wildman–Crippen MR) is 72.8 cm³/mol. The van der Waals surface area contributed by atoms with Crippen LogP contribution in [0, 0.1) is 0 Å². The third-order valence-corrected chi connectivity index (χ3v) is 3.36. The molecule has 0 saturated heterocycles. The van der Waals surface area contributed by atoms with Gasteiger partial charge in [-0.15, -0.1) is 0 Å². The molecule has 0 aliphatic carbocycles. The number of esters is 1. The van der Waals surface area contributed by atoms with Crippen molar-refractivity contribution < 1.29 is 9.53 Å². The maximum Gasteiger partial charge on any atom is 0.306 e. The van der Waals surface area contributed by atoms with Gasteiger partial charge in [-0.1, -0.05) is 38.0 Å². The van der Waals surface area contributed by atoms with Crippen LogP contribution in [0.5, 0.6) is 0 Å². The van der Waals surface area contributed by atoms with Gasteiger partial charge in [0, 0.05) is 18.2 Å². The maximum absolute atomic E-state index is 11.7. The van der Waals surface area contributed by atoms with Crippen LogP contribution in [-0.4, -0.2) is 19.1 Å². The predicted octanol–water partition coefficient (Wildman–Crippen LogP) is 3.32. The molecule has 1 aromatic carbocycles. The summed E-state index contributed by atoms with van der Waals surface area (Å²) in [6.07, 6.45) is 3.73. The monoisotopic (exact) mass is 247 g/mol. The van der Waals surface area contributed by atoms with Crippen molar-refractivity contribution in [2.24, 2.45) is 0 Å². The second-order valence-corrected chi connectivity index (χ2v) is 4.80. The molecule has 1 aliphatic heterocycles. The molecule has 1 unspecified atom stereocenters. The summed E-state index contributed by atoms with van der Waals surface area (Å²) < 4.78 is 5.25. The number of benzene rings is 1. The number of carbonyl (C=O) groups excluding carboxylic acids is 1. The Morgan fingerprint density at radius 3 is 3.06 bits per heavy atom. The second kappa shape index (κ2) is 6.43. The lowest BCUT2D eigenvalue weighted by Gasteiger charge is -2.09. The summed E-state index contributed by atoms with van der Waals surface area (Å²) in [6.45, 7) is 3.54. The summed E-state index contributed by atoms with van der Waals surface area (Å²) in [4.78, 5) is 11.7. The number of unbranched alkanes of at least 4 members (excludes halogenated alkanes) is 2. The van der Waals surface area contributed by atoms with Crippen LogP contribution in [0.3, 0.4) is 0 Å². The highest BCUT2D eigenvalue weighted by atomic mass is 16.5. The third kappa shape index (κ3) is 3.25. The van der Waals surface area contributed by atoms with Gasteiger partial charge in [-0.3, -0.25) is 4.79 Å². The van der Waals surface area contributed by atoms with Crippen molar-refractivity contribution in [1.29, 1.82) is 0 Å². The topological polar surface area (TPSA) is 38.3 Å². The molecule has 0 aromatic heterocycles. The molecule has 1 heterocycles. The number of fused-ring (bicyclic) bond motifs is 1. The number of carbonyl (C=O) groups is 1. The van der Waals surface area contributed by atoms with E-state index in [1.54, 1.807) is 0 Å². The van der Waals surface area contributed by atoms with Gasteiger partial charge < -0.3 is 10.1 Å². The molecule has 98 valence electrons. The Bertz CT molecular complexity index is 403. The summed E-state index contributed by atoms with van der Waals surface area (Å²) in [5.41, 5.74) is 2.39. The first kappa shape index (κ1) is 12.9. The van der Waals surface area contributed by atoms with E-state index in [2.05, 4.69) is 24.4 Å². The molecule has 0 saturated carbocycles. The van der Waals surface area contributed by atoms with E-state index in [-0.39, 0.29) is 11.9 Å². The van der Waals surface area contributed by atoms with Crippen molar-refractivity contribution in [2.45, 2.75) is 38.5 Å². The molecule has 0 spiro atoms. The van der Waals surface area contributed by atoms with Gasteiger partial charge >= 0.3 is 5.97 Å². The SMILES string of the molecule is CCCCCOC(=O)CC1CNc2ccccc21. The van der Waals surface area contributed by atoms with Crippen LogP contribution in [0.15, 0.2) is 24.3 Å². The first-order valence-corrected chi connectivity index (χ1v) is 6.79. The minimum Gasteiger partial charge on any atom is -0.466 e. The summed E-state index contributed by atoms with van der Waals surface area (Å²) >= 11 is 0. The Kier molecular flexibility index (Phi) is 4.62. The van der Waals surface area contributed by atoms with E-state index >= 15 is 0 Å². The van der Waals surface area contributed by atoms with Gasteiger partial charge in [-0.2, -0.15) is 0 Å². The zero-order valence-electron chi connectivity index (χ0n) is 10.9. The van der Waals surface area contributed by atoms with Crippen LogP contribution in [0.2, 0.25) is 0 Å². The molecule has 18 heavy (non-hydrogen) atoms. The fraction of sp³-hybridized carbons (Fsp3) is 0.533. The van der Waals surface area contributed by atoms with Crippen molar-refractivity contribution in [3.8, 4) is 0 Å². The van der Waals surface area contributed by atoms with Crippen LogP contribution in [-0.2, 0) is 9.53 Å². The van der Waals surface area contributed by atoms with E-state index in [9.17, 15) is 4.79 Å². The van der Waals surface area contributed by atoms with Crippen molar-refractivity contribution in [2.75, 3.05) is 18.5 Å². The van der Waals surface area contributed by atoms with Crippen molar-refractivity contribution in [3.05, 3.63) is 29.8 Å². The van der Waals surface area contributed by atoms with E-state index in [1.807, 2.05) is 12.1 Å². The number of ether oxygens (including phenoxy) is 1. The molecule has 0 bridgehead atoms. The smallest absolute Gasteiger partial charge is 0.306 e. The van der Waals surface area contributed by atoms with Gasteiger partial charge in [0.1, 0.15) is 0 Å². The Balaban J connectivity index is 1.79. The molecule has 1 aromatic rings. The Hall–Kier alpha value is -1.51. The number of nitrogens with one attached hydrogen (secondary N) is 1. The van der Waals surface area contributed by atoms with E-state index in [0.717, 1.165) is 31.5 Å². The fourth-order valence-electron chi connectivity index (χ4n) is 2.34. The third-order valence-electron chi connectivity index (χ3n) is 3.36. The minimum atomic E-state index is -0.0744. The van der Waals surface area contributed by atoms with Crippen molar-refractivity contribution >= 4 is 11.7 Å². The van der Waals surface area contributed by atoms with Crippen LogP contribution in [0.4, 0.5) is 5.69 Å². The zero-order chi connectivity index (χ0) is 12.8. The number of rotatable bonds is 6. The molecule has 0 amide bonds. The molecule has 1 atom stereocenters. The molecule has 3 heteroatoms. The molecule has 0 radical (unpaired) electrons. The van der Waals surface area contributed by atoms with Gasteiger partial charge in [0.15, 0.2) is 0 Å². The van der Waals surface area contributed by atoms with Crippen LogP contribution < -0.4 is 5.32 Å². The minimum absolute atomic E-state index is 0.0744. The quantitative estimate of drug-likeness (QED) is 0.619. The van der Waals surface area contributed by atoms with Gasteiger partial charge in [0.25, 0.3) is 0 Å². The van der Waals surface area contributed by atoms with Crippen LogP contribution in [0.1, 0.15) is 44.1 Å². The highest BCUT2D eigenvalue weighted by Gasteiger charge is 2.24. The molecule has 1 N–H and O–H groups in total. The van der Waals surface area contributed by atoms with Gasteiger partial charge in [-0.25, -0.2) is 0 Å². The normalized spacial score (nSPS) is 17.1. The van der Waals surface area contributed by atoms with Crippen LogP contribution in [0.25, 0.3) is 0 Å². The Morgan fingerprint density at radius 2 is 2.22 bits per heavy atom. The van der Waals surface area contributed by atoms with Crippen LogP contribution >= 0.6 is 0 Å². The largest absolute Gasteiger partial charge is 0.466 e. The maximum atomic E-state index is 11.7. The molecular weight excluding hydrogens is 226 g/mol. The summed E-state index contributed by atoms with van der Waals surface area (Å²) in [7, 11) is 0. The Labute approximate surface area is 109 Å². The fourth-order valence-corrected chi connectivity index (χ4v) is 2.34. The molecule has 0 fully saturated rings. The lowest BCUT2D eigenvalue weighted by Crippen LogP contribution is -2.12. The summed E-state index contributed by atoms with van der Waals surface area (Å²) in [5, 5.41) is 3.32. The summed E-state index contributed by atoms with van der Waals surface area (Å²) in [5.74, 6) is 0.189. The van der Waals surface area contributed by atoms with E-state index in [4.69, 9.17) is 4.74 Å². The lowest BCUT2D eigenvalue weighted by atomic mass is 9.98. The number of anilines is 1. The van der Waals surface area contributed by atoms with E-state index in [1.165, 1.54) is 5.56 Å². The van der Waals surface area contributed by atoms with Crippen molar-refractivity contribution in [3.63, 3.8) is 0 Å².